The van der Waals surface area contributed by atoms with Gasteiger partial charge in [0.2, 0.25) is 0 Å². The highest BCUT2D eigenvalue weighted by atomic mass is 35.5. The van der Waals surface area contributed by atoms with Gasteiger partial charge in [-0.15, -0.1) is 0 Å². The summed E-state index contributed by atoms with van der Waals surface area (Å²) in [7, 11) is 0. The molecule has 3 aromatic rings. The molecule has 29 heavy (non-hydrogen) atoms. The molecule has 0 atom stereocenters. The maximum Gasteiger partial charge on any atom is 0.322 e. The Hall–Kier alpha value is -1.91. The number of benzene rings is 3. The molecule has 0 aliphatic heterocycles. The van der Waals surface area contributed by atoms with Gasteiger partial charge in [-0.05, 0) is 53.9 Å². The summed E-state index contributed by atoms with van der Waals surface area (Å²) in [6.45, 7) is 0.802. The van der Waals surface area contributed by atoms with E-state index in [0.717, 1.165) is 11.1 Å². The molecule has 150 valence electrons. The van der Waals surface area contributed by atoms with Gasteiger partial charge in [0, 0.05) is 38.9 Å². The number of rotatable bonds is 6. The van der Waals surface area contributed by atoms with E-state index in [1.165, 1.54) is 0 Å². The molecule has 0 saturated carbocycles. The number of carbonyl (C=O) groups excluding carboxylic acids is 1. The Morgan fingerprint density at radius 3 is 2.28 bits per heavy atom. The van der Waals surface area contributed by atoms with Crippen LogP contribution in [0.25, 0.3) is 0 Å². The van der Waals surface area contributed by atoms with Crippen molar-refractivity contribution in [2.45, 2.75) is 13.0 Å². The molecule has 7 heteroatoms. The van der Waals surface area contributed by atoms with Crippen molar-refractivity contribution in [3.05, 3.63) is 97.9 Å². The summed E-state index contributed by atoms with van der Waals surface area (Å²) in [5.74, 6) is 0. The van der Waals surface area contributed by atoms with E-state index in [2.05, 4.69) is 5.32 Å². The highest BCUT2D eigenvalue weighted by Crippen LogP contribution is 2.23. The van der Waals surface area contributed by atoms with E-state index in [1.807, 2.05) is 24.3 Å². The Morgan fingerprint density at radius 2 is 1.55 bits per heavy atom. The van der Waals surface area contributed by atoms with E-state index >= 15 is 0 Å². The van der Waals surface area contributed by atoms with Crippen LogP contribution in [0.3, 0.4) is 0 Å². The summed E-state index contributed by atoms with van der Waals surface area (Å²) in [5, 5.41) is 5.20. The molecule has 0 spiro atoms. The second-order valence-electron chi connectivity index (χ2n) is 6.44. The highest BCUT2D eigenvalue weighted by molar-refractivity contribution is 6.35. The fourth-order valence-corrected chi connectivity index (χ4v) is 3.72. The van der Waals surface area contributed by atoms with Crippen LogP contribution in [-0.2, 0) is 13.0 Å². The largest absolute Gasteiger partial charge is 0.322 e. The third-order valence-corrected chi connectivity index (χ3v) is 5.54. The van der Waals surface area contributed by atoms with E-state index in [9.17, 15) is 4.79 Å². The topological polar surface area (TPSA) is 32.3 Å². The zero-order valence-electron chi connectivity index (χ0n) is 15.3. The number of nitrogens with zero attached hydrogens (tertiary/aromatic N) is 1. The first-order valence-electron chi connectivity index (χ1n) is 8.91. The first-order valence-corrected chi connectivity index (χ1v) is 10.4. The van der Waals surface area contributed by atoms with Gasteiger partial charge in [0.1, 0.15) is 0 Å². The highest BCUT2D eigenvalue weighted by Gasteiger charge is 2.16. The van der Waals surface area contributed by atoms with Crippen molar-refractivity contribution >= 4 is 58.1 Å². The van der Waals surface area contributed by atoms with Crippen molar-refractivity contribution in [2.75, 3.05) is 11.9 Å². The van der Waals surface area contributed by atoms with Crippen molar-refractivity contribution in [3.8, 4) is 0 Å². The molecular formula is C22H18Cl4N2O. The molecular weight excluding hydrogens is 450 g/mol. The molecule has 0 radical (unpaired) electrons. The Balaban J connectivity index is 1.78. The number of hydrogen-bond donors (Lipinski definition) is 1. The zero-order chi connectivity index (χ0) is 20.8. The SMILES string of the molecule is O=C(Nc1cccc(Cl)c1)N(CCc1ccc(Cl)cc1Cl)Cc1ccccc1Cl. The van der Waals surface area contributed by atoms with E-state index in [0.29, 0.717) is 45.3 Å². The molecule has 0 aliphatic carbocycles. The van der Waals surface area contributed by atoms with Gasteiger partial charge < -0.3 is 10.2 Å². The van der Waals surface area contributed by atoms with Gasteiger partial charge in [0.25, 0.3) is 0 Å². The average Bonchev–Trinajstić information content (AvgIpc) is 2.67. The molecule has 0 fully saturated rings. The van der Waals surface area contributed by atoms with Gasteiger partial charge in [-0.1, -0.05) is 76.7 Å². The lowest BCUT2D eigenvalue weighted by molar-refractivity contribution is 0.210. The molecule has 3 aromatic carbocycles. The predicted octanol–water partition coefficient (Wildman–Crippen LogP) is 7.58. The molecule has 1 N–H and O–H groups in total. The summed E-state index contributed by atoms with van der Waals surface area (Å²) >= 11 is 24.6. The quantitative estimate of drug-likeness (QED) is 0.398. The summed E-state index contributed by atoms with van der Waals surface area (Å²) in [5.41, 5.74) is 2.39. The Bertz CT molecular complexity index is 1010. The van der Waals surface area contributed by atoms with E-state index in [4.69, 9.17) is 46.4 Å². The molecule has 0 unspecified atom stereocenters. The number of amides is 2. The second-order valence-corrected chi connectivity index (χ2v) is 8.13. The molecule has 2 amide bonds. The molecule has 0 heterocycles. The first-order chi connectivity index (χ1) is 13.9. The molecule has 0 bridgehead atoms. The Morgan fingerprint density at radius 1 is 0.793 bits per heavy atom. The van der Waals surface area contributed by atoms with E-state index < -0.39 is 0 Å². The van der Waals surface area contributed by atoms with Crippen LogP contribution < -0.4 is 5.32 Å². The lowest BCUT2D eigenvalue weighted by atomic mass is 10.1. The molecule has 0 aromatic heterocycles. The average molecular weight is 468 g/mol. The van der Waals surface area contributed by atoms with Crippen LogP contribution in [0.2, 0.25) is 20.1 Å². The number of urea groups is 1. The first kappa shape index (κ1) is 21.8. The fourth-order valence-electron chi connectivity index (χ4n) is 2.83. The minimum Gasteiger partial charge on any atom is -0.320 e. The third-order valence-electron chi connectivity index (χ3n) is 4.35. The number of anilines is 1. The van der Waals surface area contributed by atoms with Crippen LogP contribution in [0, 0.1) is 0 Å². The van der Waals surface area contributed by atoms with Gasteiger partial charge >= 0.3 is 6.03 Å². The minimum atomic E-state index is -0.253. The third kappa shape index (κ3) is 6.28. The van der Waals surface area contributed by atoms with Gasteiger partial charge in [0.05, 0.1) is 0 Å². The fraction of sp³-hybridized carbons (Fsp3) is 0.136. The summed E-state index contributed by atoms with van der Waals surface area (Å²) in [4.78, 5) is 14.7. The van der Waals surface area contributed by atoms with Crippen molar-refractivity contribution < 1.29 is 4.79 Å². The van der Waals surface area contributed by atoms with Crippen LogP contribution in [-0.4, -0.2) is 17.5 Å². The van der Waals surface area contributed by atoms with Gasteiger partial charge in [-0.2, -0.15) is 0 Å². The lowest BCUT2D eigenvalue weighted by Crippen LogP contribution is -2.36. The van der Waals surface area contributed by atoms with Crippen LogP contribution >= 0.6 is 46.4 Å². The van der Waals surface area contributed by atoms with Crippen LogP contribution in [0.15, 0.2) is 66.7 Å². The molecule has 0 saturated heterocycles. The Kier molecular flexibility index (Phi) is 7.68. The van der Waals surface area contributed by atoms with E-state index in [-0.39, 0.29) is 6.03 Å². The lowest BCUT2D eigenvalue weighted by Gasteiger charge is -2.24. The maximum atomic E-state index is 13.0. The number of carbonyl (C=O) groups is 1. The summed E-state index contributed by atoms with van der Waals surface area (Å²) < 4.78 is 0. The predicted molar refractivity (Wildman–Crippen MR) is 122 cm³/mol. The van der Waals surface area contributed by atoms with Crippen molar-refractivity contribution in [3.63, 3.8) is 0 Å². The van der Waals surface area contributed by atoms with Crippen LogP contribution in [0.5, 0.6) is 0 Å². The standard InChI is InChI=1S/C22H18Cl4N2O/c23-17-5-3-6-19(12-17)27-22(29)28(14-16-4-1-2-7-20(16)25)11-10-15-8-9-18(24)13-21(15)26/h1-9,12-13H,10-11,14H2,(H,27,29). The van der Waals surface area contributed by atoms with Crippen molar-refractivity contribution in [1.29, 1.82) is 0 Å². The monoisotopic (exact) mass is 466 g/mol. The Labute approximate surface area is 190 Å². The minimum absolute atomic E-state index is 0.253. The maximum absolute atomic E-state index is 13.0. The van der Waals surface area contributed by atoms with Gasteiger partial charge in [-0.25, -0.2) is 4.79 Å². The summed E-state index contributed by atoms with van der Waals surface area (Å²) in [6.07, 6.45) is 0.573. The molecule has 3 nitrogen and oxygen atoms in total. The molecule has 0 aliphatic rings. The van der Waals surface area contributed by atoms with Gasteiger partial charge in [0.15, 0.2) is 0 Å². The normalized spacial score (nSPS) is 10.6. The number of nitrogens with one attached hydrogen (secondary N) is 1. The number of hydrogen-bond acceptors (Lipinski definition) is 1. The van der Waals surface area contributed by atoms with Crippen molar-refractivity contribution in [2.24, 2.45) is 0 Å². The van der Waals surface area contributed by atoms with Crippen LogP contribution in [0.4, 0.5) is 10.5 Å². The molecule has 3 rings (SSSR count). The van der Waals surface area contributed by atoms with E-state index in [1.54, 1.807) is 47.4 Å². The van der Waals surface area contributed by atoms with Crippen LogP contribution in [0.1, 0.15) is 11.1 Å². The van der Waals surface area contributed by atoms with Gasteiger partial charge in [-0.3, -0.25) is 0 Å². The second kappa shape index (κ2) is 10.2. The zero-order valence-corrected chi connectivity index (χ0v) is 18.4. The van der Waals surface area contributed by atoms with Crippen molar-refractivity contribution in [1.82, 2.24) is 4.90 Å². The smallest absolute Gasteiger partial charge is 0.320 e. The summed E-state index contributed by atoms with van der Waals surface area (Å²) in [6, 6.07) is 19.6. The number of halogens is 4.